The van der Waals surface area contributed by atoms with Crippen LogP contribution in [0.15, 0.2) is 0 Å². The molecule has 1 rings (SSSR count). The van der Waals surface area contributed by atoms with Crippen molar-refractivity contribution >= 4 is 5.91 Å². The summed E-state index contributed by atoms with van der Waals surface area (Å²) < 4.78 is 0. The zero-order valence-corrected chi connectivity index (χ0v) is 9.42. The summed E-state index contributed by atoms with van der Waals surface area (Å²) in [5.74, 6) is 0.114. The van der Waals surface area contributed by atoms with Gasteiger partial charge in [-0.2, -0.15) is 0 Å². The van der Waals surface area contributed by atoms with E-state index >= 15 is 0 Å². The molecule has 0 aromatic heterocycles. The van der Waals surface area contributed by atoms with Gasteiger partial charge < -0.3 is 5.32 Å². The van der Waals surface area contributed by atoms with Gasteiger partial charge in [-0.05, 0) is 13.8 Å². The molecule has 0 atom stereocenters. The summed E-state index contributed by atoms with van der Waals surface area (Å²) in [7, 11) is 1.69. The van der Waals surface area contributed by atoms with Gasteiger partial charge in [-0.1, -0.05) is 0 Å². The van der Waals surface area contributed by atoms with Gasteiger partial charge in [0.05, 0.1) is 6.54 Å². The van der Waals surface area contributed by atoms with Crippen LogP contribution < -0.4 is 5.32 Å². The van der Waals surface area contributed by atoms with Gasteiger partial charge in [0.25, 0.3) is 0 Å². The third-order valence-corrected chi connectivity index (χ3v) is 2.78. The Morgan fingerprint density at radius 2 is 1.86 bits per heavy atom. The standard InChI is InChI=1S/C10H21N3O/c1-9(2)13-6-4-12(5-7-13)8-10(14)11-3/h9H,4-8H2,1-3H3,(H,11,14). The van der Waals surface area contributed by atoms with Crippen LogP contribution in [0.5, 0.6) is 0 Å². The van der Waals surface area contributed by atoms with Crippen molar-refractivity contribution in [2.75, 3.05) is 39.8 Å². The lowest BCUT2D eigenvalue weighted by Gasteiger charge is -2.36. The van der Waals surface area contributed by atoms with Crippen LogP contribution in [0.4, 0.5) is 0 Å². The minimum Gasteiger partial charge on any atom is -0.358 e. The van der Waals surface area contributed by atoms with Crippen LogP contribution in [-0.2, 0) is 4.79 Å². The van der Waals surface area contributed by atoms with E-state index in [1.165, 1.54) is 0 Å². The number of nitrogens with one attached hydrogen (secondary N) is 1. The van der Waals surface area contributed by atoms with E-state index in [0.29, 0.717) is 12.6 Å². The van der Waals surface area contributed by atoms with Crippen LogP contribution >= 0.6 is 0 Å². The van der Waals surface area contributed by atoms with Crippen molar-refractivity contribution in [3.8, 4) is 0 Å². The monoisotopic (exact) mass is 199 g/mol. The molecule has 0 aromatic carbocycles. The Morgan fingerprint density at radius 1 is 1.29 bits per heavy atom. The largest absolute Gasteiger partial charge is 0.358 e. The maximum atomic E-state index is 11.1. The quantitative estimate of drug-likeness (QED) is 0.681. The van der Waals surface area contributed by atoms with Crippen LogP contribution in [0.2, 0.25) is 0 Å². The van der Waals surface area contributed by atoms with Crippen molar-refractivity contribution in [3.63, 3.8) is 0 Å². The van der Waals surface area contributed by atoms with Gasteiger partial charge in [0.2, 0.25) is 5.91 Å². The first-order valence-electron chi connectivity index (χ1n) is 5.30. The highest BCUT2D eigenvalue weighted by Gasteiger charge is 2.19. The highest BCUT2D eigenvalue weighted by molar-refractivity contribution is 5.77. The minimum atomic E-state index is 0.114. The van der Waals surface area contributed by atoms with Crippen molar-refractivity contribution < 1.29 is 4.79 Å². The van der Waals surface area contributed by atoms with E-state index in [9.17, 15) is 4.79 Å². The summed E-state index contributed by atoms with van der Waals surface area (Å²) in [6.07, 6.45) is 0. The Kier molecular flexibility index (Phi) is 4.35. The zero-order valence-electron chi connectivity index (χ0n) is 9.42. The molecule has 1 fully saturated rings. The number of amides is 1. The Morgan fingerprint density at radius 3 is 2.29 bits per heavy atom. The highest BCUT2D eigenvalue weighted by atomic mass is 16.1. The Labute approximate surface area is 86.2 Å². The molecule has 0 aliphatic carbocycles. The lowest BCUT2D eigenvalue weighted by Crippen LogP contribution is -2.50. The predicted molar refractivity (Wildman–Crippen MR) is 57.2 cm³/mol. The molecule has 0 aromatic rings. The summed E-state index contributed by atoms with van der Waals surface area (Å²) in [4.78, 5) is 15.8. The van der Waals surface area contributed by atoms with Crippen LogP contribution in [0.3, 0.4) is 0 Å². The molecule has 1 amide bonds. The fourth-order valence-electron chi connectivity index (χ4n) is 1.72. The van der Waals surface area contributed by atoms with Crippen LogP contribution in [0, 0.1) is 0 Å². The van der Waals surface area contributed by atoms with Crippen molar-refractivity contribution in [2.45, 2.75) is 19.9 Å². The second-order valence-corrected chi connectivity index (χ2v) is 4.08. The summed E-state index contributed by atoms with van der Waals surface area (Å²) in [5, 5.41) is 2.65. The Balaban J connectivity index is 2.25. The Bertz CT molecular complexity index is 186. The first-order valence-corrected chi connectivity index (χ1v) is 5.30. The molecular weight excluding hydrogens is 178 g/mol. The number of piperazine rings is 1. The molecule has 14 heavy (non-hydrogen) atoms. The molecule has 0 radical (unpaired) electrons. The van der Waals surface area contributed by atoms with Gasteiger partial charge in [-0.25, -0.2) is 0 Å². The fourth-order valence-corrected chi connectivity index (χ4v) is 1.72. The molecule has 1 N–H and O–H groups in total. The molecule has 1 aliphatic heterocycles. The lowest BCUT2D eigenvalue weighted by molar-refractivity contribution is -0.122. The second-order valence-electron chi connectivity index (χ2n) is 4.08. The third-order valence-electron chi connectivity index (χ3n) is 2.78. The second kappa shape index (κ2) is 5.32. The van der Waals surface area contributed by atoms with Gasteiger partial charge in [0.15, 0.2) is 0 Å². The van der Waals surface area contributed by atoms with Gasteiger partial charge in [-0.15, -0.1) is 0 Å². The maximum absolute atomic E-state index is 11.1. The highest BCUT2D eigenvalue weighted by Crippen LogP contribution is 2.04. The summed E-state index contributed by atoms with van der Waals surface area (Å²) in [5.41, 5.74) is 0. The SMILES string of the molecule is CNC(=O)CN1CCN(C(C)C)CC1. The summed E-state index contributed by atoms with van der Waals surface area (Å²) in [6.45, 7) is 9.14. The fraction of sp³-hybridized carbons (Fsp3) is 0.900. The average molecular weight is 199 g/mol. The molecule has 1 saturated heterocycles. The van der Waals surface area contributed by atoms with E-state index in [0.717, 1.165) is 26.2 Å². The molecule has 0 spiro atoms. The van der Waals surface area contributed by atoms with Gasteiger partial charge >= 0.3 is 0 Å². The molecule has 1 aliphatic rings. The number of rotatable bonds is 3. The molecule has 0 unspecified atom stereocenters. The number of carbonyl (C=O) groups excluding carboxylic acids is 1. The van der Waals surface area contributed by atoms with Gasteiger partial charge in [0, 0.05) is 39.3 Å². The van der Waals surface area contributed by atoms with Gasteiger partial charge in [0.1, 0.15) is 0 Å². The van der Waals surface area contributed by atoms with Crippen LogP contribution in [0.25, 0.3) is 0 Å². The predicted octanol–water partition coefficient (Wildman–Crippen LogP) is -0.242. The molecule has 4 nitrogen and oxygen atoms in total. The van der Waals surface area contributed by atoms with E-state index in [4.69, 9.17) is 0 Å². The average Bonchev–Trinajstić information content (AvgIpc) is 2.18. The minimum absolute atomic E-state index is 0.114. The third kappa shape index (κ3) is 3.27. The van der Waals surface area contributed by atoms with E-state index in [2.05, 4.69) is 29.0 Å². The normalized spacial score (nSPS) is 20.0. The molecule has 1 heterocycles. The van der Waals surface area contributed by atoms with Crippen molar-refractivity contribution in [3.05, 3.63) is 0 Å². The Hall–Kier alpha value is -0.610. The number of carbonyl (C=O) groups is 1. The molecule has 0 saturated carbocycles. The van der Waals surface area contributed by atoms with E-state index in [-0.39, 0.29) is 5.91 Å². The number of nitrogens with zero attached hydrogens (tertiary/aromatic N) is 2. The van der Waals surface area contributed by atoms with E-state index < -0.39 is 0 Å². The molecular formula is C10H21N3O. The molecule has 4 heteroatoms. The van der Waals surface area contributed by atoms with Crippen molar-refractivity contribution in [1.82, 2.24) is 15.1 Å². The summed E-state index contributed by atoms with van der Waals surface area (Å²) in [6, 6.07) is 0.622. The smallest absolute Gasteiger partial charge is 0.233 e. The van der Waals surface area contributed by atoms with E-state index in [1.54, 1.807) is 7.05 Å². The molecule has 82 valence electrons. The molecule has 0 bridgehead atoms. The van der Waals surface area contributed by atoms with Crippen LogP contribution in [-0.4, -0.2) is 61.5 Å². The topological polar surface area (TPSA) is 35.6 Å². The number of likely N-dealkylation sites (N-methyl/N-ethyl adjacent to an activating group) is 1. The van der Waals surface area contributed by atoms with E-state index in [1.807, 2.05) is 0 Å². The number of hydrogen-bond acceptors (Lipinski definition) is 3. The first-order chi connectivity index (χ1) is 6.63. The first kappa shape index (κ1) is 11.5. The maximum Gasteiger partial charge on any atom is 0.233 e. The van der Waals surface area contributed by atoms with Crippen molar-refractivity contribution in [1.29, 1.82) is 0 Å². The summed E-state index contributed by atoms with van der Waals surface area (Å²) >= 11 is 0. The van der Waals surface area contributed by atoms with Gasteiger partial charge in [-0.3, -0.25) is 14.6 Å². The van der Waals surface area contributed by atoms with Crippen LogP contribution in [0.1, 0.15) is 13.8 Å². The zero-order chi connectivity index (χ0) is 10.6. The number of hydrogen-bond donors (Lipinski definition) is 1. The lowest BCUT2D eigenvalue weighted by atomic mass is 10.2. The van der Waals surface area contributed by atoms with Crippen molar-refractivity contribution in [2.24, 2.45) is 0 Å².